The maximum absolute atomic E-state index is 5.34. The Balaban J connectivity index is 2.35. The van der Waals surface area contributed by atoms with Crippen molar-refractivity contribution in [3.8, 4) is 0 Å². The summed E-state index contributed by atoms with van der Waals surface area (Å²) < 4.78 is 5.34. The van der Waals surface area contributed by atoms with Crippen LogP contribution in [0, 0.1) is 0 Å². The summed E-state index contributed by atoms with van der Waals surface area (Å²) in [5.41, 5.74) is 2.68. The van der Waals surface area contributed by atoms with E-state index >= 15 is 0 Å². The molecule has 124 valence electrons. The van der Waals surface area contributed by atoms with Gasteiger partial charge in [0.05, 0.1) is 0 Å². The Hall–Kier alpha value is -1.55. The topological polar surface area (TPSA) is 36.9 Å². The van der Waals surface area contributed by atoms with Gasteiger partial charge >= 0.3 is 0 Å². The number of hydrogen-bond acceptors (Lipinski definition) is 2. The lowest BCUT2D eigenvalue weighted by Crippen LogP contribution is -2.38. The first kappa shape index (κ1) is 18.5. The molecule has 0 aliphatic heterocycles. The molecule has 4 heteroatoms. The van der Waals surface area contributed by atoms with E-state index in [2.05, 4.69) is 53.4 Å². The first-order valence-corrected chi connectivity index (χ1v) is 8.28. The van der Waals surface area contributed by atoms with Gasteiger partial charge in [-0.2, -0.15) is 0 Å². The van der Waals surface area contributed by atoms with Crippen LogP contribution in [0.1, 0.15) is 37.8 Å². The summed E-state index contributed by atoms with van der Waals surface area (Å²) >= 11 is 0. The lowest BCUT2D eigenvalue weighted by molar-refractivity contribution is 0.143. The van der Waals surface area contributed by atoms with Crippen LogP contribution in [0.3, 0.4) is 0 Å². The average Bonchev–Trinajstić information content (AvgIpc) is 2.55. The van der Waals surface area contributed by atoms with Crippen molar-refractivity contribution < 1.29 is 4.74 Å². The average molecular weight is 305 g/mol. The number of aryl methyl sites for hydroxylation is 1. The van der Waals surface area contributed by atoms with E-state index in [1.54, 1.807) is 0 Å². The number of nitrogens with zero attached hydrogens (tertiary/aromatic N) is 2. The van der Waals surface area contributed by atoms with Crippen molar-refractivity contribution in [3.05, 3.63) is 35.4 Å². The third-order valence-corrected chi connectivity index (χ3v) is 3.63. The summed E-state index contributed by atoms with van der Waals surface area (Å²) in [5.74, 6) is 0.941. The number of nitrogens with one attached hydrogen (secondary N) is 1. The molecule has 1 rings (SSSR count). The number of guanidine groups is 1. The van der Waals surface area contributed by atoms with Gasteiger partial charge in [0.1, 0.15) is 0 Å². The van der Waals surface area contributed by atoms with E-state index in [0.717, 1.165) is 51.5 Å². The Kier molecular flexibility index (Phi) is 9.31. The Morgan fingerprint density at radius 1 is 1.14 bits per heavy atom. The van der Waals surface area contributed by atoms with E-state index in [0.29, 0.717) is 0 Å². The lowest BCUT2D eigenvalue weighted by atomic mass is 10.1. The molecule has 0 saturated carbocycles. The van der Waals surface area contributed by atoms with Gasteiger partial charge in [-0.25, -0.2) is 0 Å². The van der Waals surface area contributed by atoms with E-state index in [1.165, 1.54) is 11.1 Å². The second-order valence-electron chi connectivity index (χ2n) is 5.40. The standard InChI is InChI=1S/C18H31N3O/c1-5-16-9-11-17(12-10-16)15-21(4)18(19-3)20-13-7-8-14-22-6-2/h9-12H,5-8,13-15H2,1-4H3,(H,19,20). The highest BCUT2D eigenvalue weighted by Gasteiger charge is 2.06. The summed E-state index contributed by atoms with van der Waals surface area (Å²) in [5, 5.41) is 3.41. The van der Waals surface area contributed by atoms with Gasteiger partial charge in [0.25, 0.3) is 0 Å². The Bertz CT molecular complexity index is 428. The highest BCUT2D eigenvalue weighted by molar-refractivity contribution is 5.79. The van der Waals surface area contributed by atoms with E-state index in [4.69, 9.17) is 4.74 Å². The van der Waals surface area contributed by atoms with Gasteiger partial charge in [0.2, 0.25) is 0 Å². The molecular formula is C18H31N3O. The van der Waals surface area contributed by atoms with Crippen LogP contribution < -0.4 is 5.32 Å². The molecule has 0 aromatic heterocycles. The molecule has 1 N–H and O–H groups in total. The van der Waals surface area contributed by atoms with Crippen molar-refractivity contribution in [2.24, 2.45) is 4.99 Å². The van der Waals surface area contributed by atoms with Gasteiger partial charge in [-0.15, -0.1) is 0 Å². The molecule has 0 unspecified atom stereocenters. The molecule has 0 aliphatic rings. The third-order valence-electron chi connectivity index (χ3n) is 3.63. The van der Waals surface area contributed by atoms with Gasteiger partial charge in [-0.05, 0) is 37.3 Å². The first-order chi connectivity index (χ1) is 10.7. The van der Waals surface area contributed by atoms with Crippen LogP contribution in [0.25, 0.3) is 0 Å². The molecule has 22 heavy (non-hydrogen) atoms. The maximum atomic E-state index is 5.34. The van der Waals surface area contributed by atoms with Crippen LogP contribution >= 0.6 is 0 Å². The fourth-order valence-electron chi connectivity index (χ4n) is 2.29. The van der Waals surface area contributed by atoms with Gasteiger partial charge in [-0.3, -0.25) is 4.99 Å². The lowest BCUT2D eigenvalue weighted by Gasteiger charge is -2.22. The molecule has 0 saturated heterocycles. The highest BCUT2D eigenvalue weighted by atomic mass is 16.5. The largest absolute Gasteiger partial charge is 0.382 e. The van der Waals surface area contributed by atoms with Gasteiger partial charge < -0.3 is 15.0 Å². The smallest absolute Gasteiger partial charge is 0.193 e. The molecule has 0 bridgehead atoms. The second-order valence-corrected chi connectivity index (χ2v) is 5.40. The SMILES string of the molecule is CCOCCCCNC(=NC)N(C)Cc1ccc(CC)cc1. The normalized spacial score (nSPS) is 11.5. The van der Waals surface area contributed by atoms with Crippen LogP contribution in [-0.4, -0.2) is 44.7 Å². The summed E-state index contributed by atoms with van der Waals surface area (Å²) in [6.45, 7) is 7.65. The number of aliphatic imine (C=N–C) groups is 1. The van der Waals surface area contributed by atoms with Crippen molar-refractivity contribution >= 4 is 5.96 Å². The van der Waals surface area contributed by atoms with Crippen molar-refractivity contribution in [3.63, 3.8) is 0 Å². The Morgan fingerprint density at radius 2 is 1.82 bits per heavy atom. The second kappa shape index (κ2) is 11.1. The van der Waals surface area contributed by atoms with Crippen LogP contribution in [0.4, 0.5) is 0 Å². The molecular weight excluding hydrogens is 274 g/mol. The molecule has 4 nitrogen and oxygen atoms in total. The minimum Gasteiger partial charge on any atom is -0.382 e. The summed E-state index contributed by atoms with van der Waals surface area (Å²) in [4.78, 5) is 6.51. The summed E-state index contributed by atoms with van der Waals surface area (Å²) in [6.07, 6.45) is 3.26. The molecule has 0 atom stereocenters. The van der Waals surface area contributed by atoms with Gasteiger partial charge in [0, 0.05) is 40.4 Å². The van der Waals surface area contributed by atoms with E-state index in [1.807, 2.05) is 14.0 Å². The molecule has 0 spiro atoms. The Labute approximate surface area is 135 Å². The molecule has 0 aliphatic carbocycles. The van der Waals surface area contributed by atoms with Gasteiger partial charge in [0.15, 0.2) is 5.96 Å². The molecule has 0 amide bonds. The molecule has 0 radical (unpaired) electrons. The Morgan fingerprint density at radius 3 is 2.41 bits per heavy atom. The number of unbranched alkanes of at least 4 members (excludes halogenated alkanes) is 1. The van der Waals surface area contributed by atoms with E-state index in [-0.39, 0.29) is 0 Å². The van der Waals surface area contributed by atoms with Crippen molar-refractivity contribution in [2.45, 2.75) is 39.7 Å². The van der Waals surface area contributed by atoms with Crippen LogP contribution in [0.2, 0.25) is 0 Å². The van der Waals surface area contributed by atoms with Crippen LogP contribution in [0.5, 0.6) is 0 Å². The fraction of sp³-hybridized carbons (Fsp3) is 0.611. The molecule has 0 heterocycles. The van der Waals surface area contributed by atoms with Gasteiger partial charge in [-0.1, -0.05) is 31.2 Å². The van der Waals surface area contributed by atoms with Crippen LogP contribution in [-0.2, 0) is 17.7 Å². The zero-order valence-electron chi connectivity index (χ0n) is 14.6. The van der Waals surface area contributed by atoms with Crippen molar-refractivity contribution in [1.82, 2.24) is 10.2 Å². The first-order valence-electron chi connectivity index (χ1n) is 8.28. The number of ether oxygens (including phenoxy) is 1. The summed E-state index contributed by atoms with van der Waals surface area (Å²) in [6, 6.07) is 8.80. The predicted molar refractivity (Wildman–Crippen MR) is 94.4 cm³/mol. The van der Waals surface area contributed by atoms with Crippen molar-refractivity contribution in [2.75, 3.05) is 33.9 Å². The monoisotopic (exact) mass is 305 g/mol. The summed E-state index contributed by atoms with van der Waals surface area (Å²) in [7, 11) is 3.91. The zero-order valence-corrected chi connectivity index (χ0v) is 14.6. The highest BCUT2D eigenvalue weighted by Crippen LogP contribution is 2.07. The number of hydrogen-bond donors (Lipinski definition) is 1. The maximum Gasteiger partial charge on any atom is 0.193 e. The molecule has 1 aromatic rings. The number of benzene rings is 1. The van der Waals surface area contributed by atoms with Crippen molar-refractivity contribution in [1.29, 1.82) is 0 Å². The quantitative estimate of drug-likeness (QED) is 0.433. The van der Waals surface area contributed by atoms with E-state index < -0.39 is 0 Å². The minimum absolute atomic E-state index is 0.800. The molecule has 0 fully saturated rings. The third kappa shape index (κ3) is 6.94. The fourth-order valence-corrected chi connectivity index (χ4v) is 2.29. The van der Waals surface area contributed by atoms with Crippen LogP contribution in [0.15, 0.2) is 29.3 Å². The van der Waals surface area contributed by atoms with E-state index in [9.17, 15) is 0 Å². The zero-order chi connectivity index (χ0) is 16.2. The molecule has 1 aromatic carbocycles. The minimum atomic E-state index is 0.800. The predicted octanol–water partition coefficient (Wildman–Crippen LogP) is 3.07. The number of rotatable bonds is 9.